The summed E-state index contributed by atoms with van der Waals surface area (Å²) in [4.78, 5) is 17.3. The molecule has 4 aromatic rings. The molecular weight excluding hydrogens is 478 g/mol. The van der Waals surface area contributed by atoms with E-state index in [4.69, 9.17) is 11.1 Å². The van der Waals surface area contributed by atoms with Gasteiger partial charge in [-0.3, -0.25) is 14.9 Å². The van der Waals surface area contributed by atoms with Crippen LogP contribution in [0.2, 0.25) is 0 Å². The van der Waals surface area contributed by atoms with Crippen molar-refractivity contribution < 1.29 is 13.2 Å². The monoisotopic (exact) mass is 505 g/mol. The maximum atomic E-state index is 12.9. The Kier molecular flexibility index (Phi) is 6.61. The molecule has 0 aliphatic heterocycles. The van der Waals surface area contributed by atoms with E-state index in [9.17, 15) is 13.2 Å². The van der Waals surface area contributed by atoms with E-state index in [1.807, 2.05) is 0 Å². The molecule has 2 heterocycles. The van der Waals surface area contributed by atoms with Gasteiger partial charge in [0.2, 0.25) is 15.9 Å². The molecule has 0 spiro atoms. The molecule has 0 atom stereocenters. The number of hydrogen-bond donors (Lipinski definition) is 4. The van der Waals surface area contributed by atoms with Crippen molar-refractivity contribution in [2.24, 2.45) is 5.73 Å². The van der Waals surface area contributed by atoms with E-state index in [1.54, 1.807) is 75.6 Å². The summed E-state index contributed by atoms with van der Waals surface area (Å²) in [6.45, 7) is 5.25. The molecule has 2 aromatic heterocycles. The fourth-order valence-electron chi connectivity index (χ4n) is 3.69. The summed E-state index contributed by atoms with van der Waals surface area (Å²) in [5.74, 6) is -0.0752. The summed E-state index contributed by atoms with van der Waals surface area (Å²) >= 11 is 0. The van der Waals surface area contributed by atoms with Crippen molar-refractivity contribution in [3.8, 4) is 11.1 Å². The number of rotatable bonds is 7. The first-order chi connectivity index (χ1) is 16.9. The molecule has 11 heteroatoms. The zero-order valence-electron chi connectivity index (χ0n) is 20.1. The zero-order chi connectivity index (χ0) is 26.1. The van der Waals surface area contributed by atoms with E-state index >= 15 is 0 Å². The molecule has 186 valence electrons. The zero-order valence-corrected chi connectivity index (χ0v) is 20.9. The Labute approximate surface area is 209 Å². The summed E-state index contributed by atoms with van der Waals surface area (Å²) in [5, 5.41) is 15.6. The predicted molar refractivity (Wildman–Crippen MR) is 139 cm³/mol. The Morgan fingerprint density at radius 2 is 1.83 bits per heavy atom. The van der Waals surface area contributed by atoms with Crippen molar-refractivity contribution in [1.82, 2.24) is 19.5 Å². The number of benzene rings is 2. The Morgan fingerprint density at radius 3 is 2.50 bits per heavy atom. The van der Waals surface area contributed by atoms with Crippen LogP contribution in [0, 0.1) is 5.41 Å². The summed E-state index contributed by atoms with van der Waals surface area (Å²) in [5.41, 5.74) is 7.54. The molecule has 0 saturated carbocycles. The lowest BCUT2D eigenvalue weighted by molar-refractivity contribution is -0.116. The number of sulfonamides is 1. The Balaban J connectivity index is 1.55. The third-order valence-electron chi connectivity index (χ3n) is 5.23. The second-order valence-corrected chi connectivity index (χ2v) is 11.0. The van der Waals surface area contributed by atoms with Crippen LogP contribution < -0.4 is 15.8 Å². The second-order valence-electron chi connectivity index (χ2n) is 9.32. The number of nitrogen functional groups attached to an aromatic ring is 1. The van der Waals surface area contributed by atoms with Crippen LogP contribution in [0.1, 0.15) is 26.3 Å². The van der Waals surface area contributed by atoms with E-state index in [0.717, 1.165) is 5.39 Å². The topological polar surface area (TPSA) is 156 Å². The van der Waals surface area contributed by atoms with Crippen molar-refractivity contribution in [2.45, 2.75) is 37.8 Å². The van der Waals surface area contributed by atoms with Crippen molar-refractivity contribution in [2.75, 3.05) is 5.32 Å². The molecule has 0 aliphatic rings. The number of aromatic nitrogens is 3. The van der Waals surface area contributed by atoms with Crippen LogP contribution in [-0.2, 0) is 21.4 Å². The van der Waals surface area contributed by atoms with Crippen LogP contribution in [0.4, 0.5) is 5.82 Å². The number of amides is 1. The maximum absolute atomic E-state index is 12.9. The normalized spacial score (nSPS) is 12.0. The van der Waals surface area contributed by atoms with Crippen LogP contribution in [0.25, 0.3) is 22.0 Å². The number of carbonyl (C=O) groups excluding carboxylic acids is 1. The summed E-state index contributed by atoms with van der Waals surface area (Å²) < 4.78 is 29.4. The highest BCUT2D eigenvalue weighted by Crippen LogP contribution is 2.27. The maximum Gasteiger partial charge on any atom is 0.247 e. The number of anilines is 1. The number of nitrogens with zero attached hydrogens (tertiary/aromatic N) is 3. The quantitative estimate of drug-likeness (QED) is 0.223. The fraction of sp³-hybridized carbons (Fsp3) is 0.200. The first-order valence-electron chi connectivity index (χ1n) is 11.1. The molecule has 10 nitrogen and oxygen atoms in total. The van der Waals surface area contributed by atoms with Crippen LogP contribution in [-0.4, -0.2) is 40.5 Å². The van der Waals surface area contributed by atoms with Gasteiger partial charge in [0.05, 0.1) is 16.6 Å². The van der Waals surface area contributed by atoms with E-state index in [0.29, 0.717) is 28.0 Å². The number of fused-ring (bicyclic) bond motifs is 1. The molecule has 2 aromatic carbocycles. The lowest BCUT2D eigenvalue weighted by atomic mass is 10.1. The van der Waals surface area contributed by atoms with Gasteiger partial charge in [-0.2, -0.15) is 5.10 Å². The van der Waals surface area contributed by atoms with Crippen LogP contribution >= 0.6 is 0 Å². The first-order valence-corrected chi connectivity index (χ1v) is 12.6. The molecule has 5 N–H and O–H groups in total. The minimum absolute atomic E-state index is 0.0692. The standard InChI is InChI=1S/C25H27N7O3S/c1-25(2,3)31-36(34,35)19-10-8-16(9-11-19)20-5-4-12-28-24(20)30-22(33)15-32-21-13-17(23(26)27)6-7-18(21)14-29-32/h4-14,31H,15H2,1-3H3,(H3,26,27)(H,28,30,33). The molecule has 4 rings (SSSR count). The van der Waals surface area contributed by atoms with Gasteiger partial charge < -0.3 is 11.1 Å². The number of pyridine rings is 1. The first kappa shape index (κ1) is 25.0. The number of hydrogen-bond acceptors (Lipinski definition) is 6. The minimum Gasteiger partial charge on any atom is -0.384 e. The van der Waals surface area contributed by atoms with E-state index in [-0.39, 0.29) is 23.2 Å². The van der Waals surface area contributed by atoms with Crippen molar-refractivity contribution in [3.05, 3.63) is 72.6 Å². The molecule has 1 amide bonds. The highest BCUT2D eigenvalue weighted by atomic mass is 32.2. The van der Waals surface area contributed by atoms with Crippen molar-refractivity contribution in [1.29, 1.82) is 5.41 Å². The van der Waals surface area contributed by atoms with Crippen LogP contribution in [0.15, 0.2) is 71.9 Å². The Hall–Kier alpha value is -4.09. The van der Waals surface area contributed by atoms with Crippen LogP contribution in [0.3, 0.4) is 0 Å². The highest BCUT2D eigenvalue weighted by molar-refractivity contribution is 7.89. The van der Waals surface area contributed by atoms with Gasteiger partial charge in [-0.1, -0.05) is 24.3 Å². The second kappa shape index (κ2) is 9.51. The average Bonchev–Trinajstić information content (AvgIpc) is 3.20. The molecule has 0 unspecified atom stereocenters. The summed E-state index contributed by atoms with van der Waals surface area (Å²) in [6, 6.07) is 15.2. The lowest BCUT2D eigenvalue weighted by Gasteiger charge is -2.20. The molecule has 0 radical (unpaired) electrons. The minimum atomic E-state index is -3.67. The fourth-order valence-corrected chi connectivity index (χ4v) is 5.10. The Morgan fingerprint density at radius 1 is 1.11 bits per heavy atom. The van der Waals surface area contributed by atoms with Gasteiger partial charge in [-0.25, -0.2) is 18.1 Å². The van der Waals surface area contributed by atoms with Gasteiger partial charge in [-0.15, -0.1) is 0 Å². The van der Waals surface area contributed by atoms with Gasteiger partial charge in [0.1, 0.15) is 18.2 Å². The molecule has 0 saturated heterocycles. The largest absolute Gasteiger partial charge is 0.384 e. The van der Waals surface area contributed by atoms with Gasteiger partial charge >= 0.3 is 0 Å². The SMILES string of the molecule is CC(C)(C)NS(=O)(=O)c1ccc(-c2cccnc2NC(=O)Cn2ncc3ccc(C(=N)N)cc32)cc1. The number of nitrogens with two attached hydrogens (primary N) is 1. The van der Waals surface area contributed by atoms with Gasteiger partial charge in [0.25, 0.3) is 0 Å². The summed E-state index contributed by atoms with van der Waals surface area (Å²) in [6.07, 6.45) is 3.20. The average molecular weight is 506 g/mol. The number of carbonyl (C=O) groups is 1. The smallest absolute Gasteiger partial charge is 0.247 e. The van der Waals surface area contributed by atoms with Gasteiger partial charge in [0.15, 0.2) is 0 Å². The predicted octanol–water partition coefficient (Wildman–Crippen LogP) is 3.10. The van der Waals surface area contributed by atoms with Crippen molar-refractivity contribution in [3.63, 3.8) is 0 Å². The molecule has 0 fully saturated rings. The van der Waals surface area contributed by atoms with Crippen molar-refractivity contribution >= 4 is 38.5 Å². The number of nitrogens with one attached hydrogen (secondary N) is 3. The molecule has 36 heavy (non-hydrogen) atoms. The van der Waals surface area contributed by atoms with Gasteiger partial charge in [-0.05, 0) is 56.7 Å². The van der Waals surface area contributed by atoms with E-state index < -0.39 is 15.6 Å². The molecular formula is C25H27N7O3S. The Bertz CT molecular complexity index is 1550. The highest BCUT2D eigenvalue weighted by Gasteiger charge is 2.22. The molecule has 0 aliphatic carbocycles. The lowest BCUT2D eigenvalue weighted by Crippen LogP contribution is -2.40. The third-order valence-corrected chi connectivity index (χ3v) is 7.00. The van der Waals surface area contributed by atoms with Crippen LogP contribution in [0.5, 0.6) is 0 Å². The molecule has 0 bridgehead atoms. The van der Waals surface area contributed by atoms with E-state index in [2.05, 4.69) is 20.1 Å². The summed E-state index contributed by atoms with van der Waals surface area (Å²) in [7, 11) is -3.67. The van der Waals surface area contributed by atoms with E-state index in [1.165, 1.54) is 16.8 Å². The number of amidine groups is 1. The third kappa shape index (κ3) is 5.58. The van der Waals surface area contributed by atoms with Gasteiger partial charge in [0, 0.05) is 28.2 Å².